The maximum Gasteiger partial charge on any atom is 0.321 e. The van der Waals surface area contributed by atoms with E-state index in [1.54, 1.807) is 62.4 Å². The van der Waals surface area contributed by atoms with Gasteiger partial charge in [-0.15, -0.1) is 0 Å². The van der Waals surface area contributed by atoms with Crippen molar-refractivity contribution in [2.75, 3.05) is 13.2 Å². The SMILES string of the molecule is CCOC(=O)C(C(=O)OCC)C(c1ccc(Cl)cc1)c1ccccc1Cl. The Labute approximate surface area is 163 Å². The minimum absolute atomic E-state index is 0.157. The third-order valence-electron chi connectivity index (χ3n) is 3.88. The molecule has 0 aliphatic rings. The van der Waals surface area contributed by atoms with Gasteiger partial charge in [0.1, 0.15) is 0 Å². The largest absolute Gasteiger partial charge is 0.465 e. The predicted molar refractivity (Wildman–Crippen MR) is 102 cm³/mol. The average molecular weight is 395 g/mol. The van der Waals surface area contributed by atoms with Crippen LogP contribution in [-0.4, -0.2) is 25.2 Å². The summed E-state index contributed by atoms with van der Waals surface area (Å²) in [6.45, 7) is 3.69. The number of esters is 2. The summed E-state index contributed by atoms with van der Waals surface area (Å²) in [5, 5.41) is 1.00. The number of rotatable bonds is 7. The molecule has 0 N–H and O–H groups in total. The van der Waals surface area contributed by atoms with Crippen LogP contribution < -0.4 is 0 Å². The van der Waals surface area contributed by atoms with Crippen molar-refractivity contribution in [1.82, 2.24) is 0 Å². The maximum atomic E-state index is 12.6. The summed E-state index contributed by atoms with van der Waals surface area (Å²) in [6.07, 6.45) is 0. The Morgan fingerprint density at radius 3 is 1.92 bits per heavy atom. The normalized spacial score (nSPS) is 11.9. The molecule has 2 aromatic rings. The van der Waals surface area contributed by atoms with Crippen LogP contribution in [0.3, 0.4) is 0 Å². The summed E-state index contributed by atoms with van der Waals surface area (Å²) < 4.78 is 10.3. The Bertz CT molecular complexity index is 741. The summed E-state index contributed by atoms with van der Waals surface area (Å²) in [7, 11) is 0. The Kier molecular flexibility index (Phi) is 7.49. The molecule has 2 aromatic carbocycles. The summed E-state index contributed by atoms with van der Waals surface area (Å²) in [4.78, 5) is 25.3. The van der Waals surface area contributed by atoms with Crippen molar-refractivity contribution in [3.8, 4) is 0 Å². The molecule has 0 aromatic heterocycles. The zero-order valence-corrected chi connectivity index (χ0v) is 16.1. The van der Waals surface area contributed by atoms with Crippen molar-refractivity contribution >= 4 is 35.1 Å². The van der Waals surface area contributed by atoms with E-state index < -0.39 is 23.8 Å². The van der Waals surface area contributed by atoms with Crippen LogP contribution in [0.1, 0.15) is 30.9 Å². The molecule has 0 aliphatic carbocycles. The third-order valence-corrected chi connectivity index (χ3v) is 4.48. The Hall–Kier alpha value is -2.04. The van der Waals surface area contributed by atoms with Gasteiger partial charge in [0, 0.05) is 16.0 Å². The average Bonchev–Trinajstić information content (AvgIpc) is 2.61. The molecule has 0 saturated heterocycles. The minimum atomic E-state index is -1.17. The smallest absolute Gasteiger partial charge is 0.321 e. The highest BCUT2D eigenvalue weighted by Gasteiger charge is 2.40. The van der Waals surface area contributed by atoms with E-state index in [-0.39, 0.29) is 13.2 Å². The van der Waals surface area contributed by atoms with E-state index in [0.29, 0.717) is 21.2 Å². The number of hydrogen-bond donors (Lipinski definition) is 0. The second kappa shape index (κ2) is 9.60. The van der Waals surface area contributed by atoms with Crippen LogP contribution in [0.2, 0.25) is 10.0 Å². The number of benzene rings is 2. The number of carbonyl (C=O) groups excluding carboxylic acids is 2. The van der Waals surface area contributed by atoms with Crippen LogP contribution >= 0.6 is 23.2 Å². The van der Waals surface area contributed by atoms with Gasteiger partial charge in [0.15, 0.2) is 5.92 Å². The number of ether oxygens (including phenoxy) is 2. The molecule has 0 radical (unpaired) electrons. The molecule has 6 heteroatoms. The van der Waals surface area contributed by atoms with Gasteiger partial charge >= 0.3 is 11.9 Å². The summed E-state index contributed by atoms with van der Waals surface area (Å²) >= 11 is 12.4. The second-order valence-electron chi connectivity index (χ2n) is 5.53. The second-order valence-corrected chi connectivity index (χ2v) is 6.38. The topological polar surface area (TPSA) is 52.6 Å². The fraction of sp³-hybridized carbons (Fsp3) is 0.300. The Balaban J connectivity index is 2.61. The highest BCUT2D eigenvalue weighted by Crippen LogP contribution is 2.38. The van der Waals surface area contributed by atoms with E-state index in [1.165, 1.54) is 0 Å². The van der Waals surface area contributed by atoms with Crippen molar-refractivity contribution in [1.29, 1.82) is 0 Å². The van der Waals surface area contributed by atoms with Gasteiger partial charge in [0.05, 0.1) is 13.2 Å². The van der Waals surface area contributed by atoms with Gasteiger partial charge < -0.3 is 9.47 Å². The van der Waals surface area contributed by atoms with Gasteiger partial charge in [-0.25, -0.2) is 0 Å². The lowest BCUT2D eigenvalue weighted by molar-refractivity contribution is -0.162. The number of halogens is 2. The Morgan fingerprint density at radius 1 is 0.885 bits per heavy atom. The molecule has 1 atom stereocenters. The third kappa shape index (κ3) is 4.77. The van der Waals surface area contributed by atoms with Crippen LogP contribution in [0.5, 0.6) is 0 Å². The lowest BCUT2D eigenvalue weighted by Crippen LogP contribution is -2.34. The van der Waals surface area contributed by atoms with Crippen molar-refractivity contribution in [2.24, 2.45) is 5.92 Å². The van der Waals surface area contributed by atoms with Crippen LogP contribution in [0.25, 0.3) is 0 Å². The zero-order valence-electron chi connectivity index (χ0n) is 14.6. The van der Waals surface area contributed by atoms with Crippen molar-refractivity contribution < 1.29 is 19.1 Å². The lowest BCUT2D eigenvalue weighted by atomic mass is 9.80. The number of carbonyl (C=O) groups is 2. The molecule has 0 heterocycles. The molecular weight excluding hydrogens is 375 g/mol. The highest BCUT2D eigenvalue weighted by molar-refractivity contribution is 6.31. The molecule has 2 rings (SSSR count). The maximum absolute atomic E-state index is 12.6. The van der Waals surface area contributed by atoms with Gasteiger partial charge in [-0.3, -0.25) is 9.59 Å². The quantitative estimate of drug-likeness (QED) is 0.496. The first-order chi connectivity index (χ1) is 12.5. The fourth-order valence-corrected chi connectivity index (χ4v) is 3.16. The molecule has 0 saturated carbocycles. The first-order valence-corrected chi connectivity index (χ1v) is 9.08. The van der Waals surface area contributed by atoms with Crippen LogP contribution in [0.15, 0.2) is 48.5 Å². The lowest BCUT2D eigenvalue weighted by Gasteiger charge is -2.26. The van der Waals surface area contributed by atoms with Gasteiger partial charge in [0.2, 0.25) is 0 Å². The van der Waals surface area contributed by atoms with E-state index in [2.05, 4.69) is 0 Å². The van der Waals surface area contributed by atoms with Gasteiger partial charge in [-0.1, -0.05) is 53.5 Å². The predicted octanol–water partition coefficient (Wildman–Crippen LogP) is 4.87. The van der Waals surface area contributed by atoms with Crippen LogP contribution in [0.4, 0.5) is 0 Å². The van der Waals surface area contributed by atoms with E-state index in [4.69, 9.17) is 32.7 Å². The van der Waals surface area contributed by atoms with Gasteiger partial charge in [-0.2, -0.15) is 0 Å². The first kappa shape index (κ1) is 20.3. The molecule has 1 unspecified atom stereocenters. The van der Waals surface area contributed by atoms with Crippen molar-refractivity contribution in [3.63, 3.8) is 0 Å². The summed E-state index contributed by atoms with van der Waals surface area (Å²) in [5.41, 5.74) is 1.36. The van der Waals surface area contributed by atoms with Gasteiger partial charge in [-0.05, 0) is 43.2 Å². The molecule has 0 amide bonds. The van der Waals surface area contributed by atoms with E-state index in [0.717, 1.165) is 0 Å². The molecule has 0 fully saturated rings. The molecule has 0 aliphatic heterocycles. The van der Waals surface area contributed by atoms with Crippen LogP contribution in [-0.2, 0) is 19.1 Å². The Morgan fingerprint density at radius 2 is 1.42 bits per heavy atom. The molecule has 138 valence electrons. The molecule has 26 heavy (non-hydrogen) atoms. The molecule has 4 nitrogen and oxygen atoms in total. The molecule has 0 spiro atoms. The number of hydrogen-bond acceptors (Lipinski definition) is 4. The van der Waals surface area contributed by atoms with Crippen molar-refractivity contribution in [3.05, 3.63) is 69.7 Å². The van der Waals surface area contributed by atoms with E-state index in [9.17, 15) is 9.59 Å². The molecular formula is C20H20Cl2O4. The fourth-order valence-electron chi connectivity index (χ4n) is 2.78. The standard InChI is InChI=1S/C20H20Cl2O4/c1-3-25-19(23)18(20(24)26-4-2)17(13-9-11-14(21)12-10-13)15-7-5-6-8-16(15)22/h5-12,17-18H,3-4H2,1-2H3. The summed E-state index contributed by atoms with van der Waals surface area (Å²) in [5.74, 6) is -3.12. The minimum Gasteiger partial charge on any atom is -0.465 e. The van der Waals surface area contributed by atoms with Crippen LogP contribution in [0, 0.1) is 5.92 Å². The summed E-state index contributed by atoms with van der Waals surface area (Å²) in [6, 6.07) is 14.0. The highest BCUT2D eigenvalue weighted by atomic mass is 35.5. The molecule has 0 bridgehead atoms. The van der Waals surface area contributed by atoms with E-state index >= 15 is 0 Å². The monoisotopic (exact) mass is 394 g/mol. The van der Waals surface area contributed by atoms with E-state index in [1.807, 2.05) is 0 Å². The zero-order chi connectivity index (χ0) is 19.1. The van der Waals surface area contributed by atoms with Crippen molar-refractivity contribution in [2.45, 2.75) is 19.8 Å². The first-order valence-electron chi connectivity index (χ1n) is 8.32. The van der Waals surface area contributed by atoms with Gasteiger partial charge in [0.25, 0.3) is 0 Å².